The number of benzene rings is 1. The maximum absolute atomic E-state index is 10.4. The summed E-state index contributed by atoms with van der Waals surface area (Å²) >= 11 is 0. The highest BCUT2D eigenvalue weighted by Crippen LogP contribution is 2.14. The molecule has 34 heavy (non-hydrogen) atoms. The number of hydrogen-bond donors (Lipinski definition) is 1. The fourth-order valence-corrected chi connectivity index (χ4v) is 4.65. The topological polar surface area (TPSA) is 77.4 Å². The highest BCUT2D eigenvalue weighted by molar-refractivity contribution is 7.85. The van der Waals surface area contributed by atoms with E-state index in [1.807, 2.05) is 6.92 Å². The third-order valence-corrected chi connectivity index (χ3v) is 7.40. The average molecular weight is 500 g/mol. The van der Waals surface area contributed by atoms with Gasteiger partial charge >= 0.3 is 0 Å². The Bertz CT molecular complexity index is 671. The molecule has 0 heterocycles. The number of nitrogens with zero attached hydrogens (tertiary/aromatic N) is 1. The van der Waals surface area contributed by atoms with Gasteiger partial charge in [-0.15, -0.1) is 0 Å². The average Bonchev–Trinajstić information content (AvgIpc) is 2.78. The van der Waals surface area contributed by atoms with Crippen LogP contribution in [0.3, 0.4) is 0 Å². The molecule has 0 amide bonds. The largest absolute Gasteiger partial charge is 0.744 e. The van der Waals surface area contributed by atoms with Crippen LogP contribution < -0.4 is 0 Å². The summed E-state index contributed by atoms with van der Waals surface area (Å²) in [6.07, 6.45) is 19.3. The molecule has 5 nitrogen and oxygen atoms in total. The molecule has 0 fully saturated rings. The van der Waals surface area contributed by atoms with Crippen molar-refractivity contribution in [3.63, 3.8) is 0 Å². The second-order valence-corrected chi connectivity index (χ2v) is 11.4. The molecule has 0 unspecified atom stereocenters. The van der Waals surface area contributed by atoms with E-state index in [1.165, 1.54) is 115 Å². The molecule has 0 aliphatic carbocycles. The summed E-state index contributed by atoms with van der Waals surface area (Å²) in [6, 6.07) is 5.78. The molecule has 1 N–H and O–H groups in total. The van der Waals surface area contributed by atoms with E-state index >= 15 is 0 Å². The zero-order valence-corrected chi connectivity index (χ0v) is 23.4. The maximum atomic E-state index is 10.4. The number of hydrogen-bond acceptors (Lipinski definition) is 4. The van der Waals surface area contributed by atoms with Gasteiger partial charge in [0.05, 0.1) is 31.6 Å². The van der Waals surface area contributed by atoms with Gasteiger partial charge in [0, 0.05) is 0 Å². The zero-order valence-electron chi connectivity index (χ0n) is 22.6. The van der Waals surface area contributed by atoms with E-state index in [4.69, 9.17) is 0 Å². The summed E-state index contributed by atoms with van der Waals surface area (Å²) in [5, 5.41) is 9.39. The SMILES string of the molecule is CCCCCCCCC[N+](C)(CCO)CCCCCCCCC.Cc1ccc(S(=O)(=O)[O-])cc1. The first kappa shape index (κ1) is 33.0. The first-order valence-corrected chi connectivity index (χ1v) is 15.1. The maximum Gasteiger partial charge on any atom is 0.124 e. The Hall–Kier alpha value is -0.950. The molecule has 0 spiro atoms. The molecule has 0 aliphatic rings. The molecule has 0 radical (unpaired) electrons. The molecular weight excluding hydrogens is 446 g/mol. The molecule has 1 aromatic carbocycles. The minimum atomic E-state index is -4.27. The van der Waals surface area contributed by atoms with Crippen LogP contribution in [-0.4, -0.2) is 55.8 Å². The van der Waals surface area contributed by atoms with Crippen molar-refractivity contribution < 1.29 is 22.6 Å². The van der Waals surface area contributed by atoms with Gasteiger partial charge in [-0.05, 0) is 44.7 Å². The Balaban J connectivity index is 0.000000818. The van der Waals surface area contributed by atoms with Crippen LogP contribution in [0.25, 0.3) is 0 Å². The zero-order chi connectivity index (χ0) is 25.7. The first-order valence-electron chi connectivity index (χ1n) is 13.7. The Kier molecular flexibility index (Phi) is 19.7. The Labute approximate surface area is 211 Å². The van der Waals surface area contributed by atoms with Crippen LogP contribution in [0.4, 0.5) is 0 Å². The molecule has 0 bridgehead atoms. The summed E-state index contributed by atoms with van der Waals surface area (Å²) in [5.41, 5.74) is 0.928. The standard InChI is InChI=1S/C21H46NO.C7H8O3S/c1-4-6-8-10-12-14-16-18-22(3,20-21-23)19-17-15-13-11-9-7-5-2;1-6-2-4-7(5-3-6)11(8,9)10/h23H,4-21H2,1-3H3;2-5H,1H3,(H,8,9,10)/q+1;/p-1. The molecule has 0 aliphatic heterocycles. The van der Waals surface area contributed by atoms with Gasteiger partial charge < -0.3 is 14.1 Å². The van der Waals surface area contributed by atoms with Crippen LogP contribution in [-0.2, 0) is 10.1 Å². The Morgan fingerprint density at radius 1 is 0.706 bits per heavy atom. The molecule has 0 saturated carbocycles. The summed E-state index contributed by atoms with van der Waals surface area (Å²) < 4.78 is 32.2. The summed E-state index contributed by atoms with van der Waals surface area (Å²) in [6.45, 7) is 10.2. The smallest absolute Gasteiger partial charge is 0.124 e. The first-order chi connectivity index (χ1) is 16.2. The van der Waals surface area contributed by atoms with Gasteiger partial charge in [0.25, 0.3) is 0 Å². The van der Waals surface area contributed by atoms with E-state index in [1.54, 1.807) is 12.1 Å². The van der Waals surface area contributed by atoms with Gasteiger partial charge in [0.1, 0.15) is 16.7 Å². The van der Waals surface area contributed by atoms with Crippen LogP contribution in [0.5, 0.6) is 0 Å². The lowest BCUT2D eigenvalue weighted by Gasteiger charge is -2.34. The number of likely N-dealkylation sites (N-methyl/N-ethyl adjacent to an activating group) is 1. The van der Waals surface area contributed by atoms with Gasteiger partial charge in [-0.1, -0.05) is 95.8 Å². The van der Waals surface area contributed by atoms with E-state index in [0.29, 0.717) is 6.61 Å². The van der Waals surface area contributed by atoms with Crippen LogP contribution in [0.2, 0.25) is 0 Å². The second kappa shape index (κ2) is 20.3. The van der Waals surface area contributed by atoms with E-state index < -0.39 is 10.1 Å². The summed E-state index contributed by atoms with van der Waals surface area (Å²) in [4.78, 5) is -0.178. The normalized spacial score (nSPS) is 11.8. The fourth-order valence-electron chi connectivity index (χ4n) is 4.18. The van der Waals surface area contributed by atoms with E-state index in [-0.39, 0.29) is 4.90 Å². The van der Waals surface area contributed by atoms with Gasteiger partial charge in [-0.25, -0.2) is 8.42 Å². The predicted molar refractivity (Wildman–Crippen MR) is 143 cm³/mol. The molecule has 0 aromatic heterocycles. The van der Waals surface area contributed by atoms with Gasteiger partial charge in [-0.3, -0.25) is 0 Å². The number of aliphatic hydroxyl groups excluding tert-OH is 1. The van der Waals surface area contributed by atoms with Crippen molar-refractivity contribution in [1.82, 2.24) is 0 Å². The third-order valence-electron chi connectivity index (χ3n) is 6.55. The highest BCUT2D eigenvalue weighted by atomic mass is 32.2. The van der Waals surface area contributed by atoms with Crippen molar-refractivity contribution in [3.05, 3.63) is 29.8 Å². The minimum absolute atomic E-state index is 0.178. The van der Waals surface area contributed by atoms with Crippen molar-refractivity contribution in [1.29, 1.82) is 0 Å². The van der Waals surface area contributed by atoms with Crippen molar-refractivity contribution in [2.24, 2.45) is 0 Å². The number of quaternary nitrogens is 1. The van der Waals surface area contributed by atoms with E-state index in [9.17, 15) is 18.1 Å². The Morgan fingerprint density at radius 3 is 1.44 bits per heavy atom. The van der Waals surface area contributed by atoms with Crippen LogP contribution in [0, 0.1) is 6.92 Å². The Morgan fingerprint density at radius 2 is 1.09 bits per heavy atom. The van der Waals surface area contributed by atoms with E-state index in [0.717, 1.165) is 16.6 Å². The third kappa shape index (κ3) is 18.4. The lowest BCUT2D eigenvalue weighted by molar-refractivity contribution is -0.910. The van der Waals surface area contributed by atoms with Crippen molar-refractivity contribution in [3.8, 4) is 0 Å². The van der Waals surface area contributed by atoms with Gasteiger partial charge in [0.2, 0.25) is 0 Å². The molecule has 1 rings (SSSR count). The fraction of sp³-hybridized carbons (Fsp3) is 0.786. The summed E-state index contributed by atoms with van der Waals surface area (Å²) in [7, 11) is -1.92. The number of aliphatic hydroxyl groups is 1. The minimum Gasteiger partial charge on any atom is -0.744 e. The molecule has 0 atom stereocenters. The number of unbranched alkanes of at least 4 members (excludes halogenated alkanes) is 12. The molecule has 200 valence electrons. The lowest BCUT2D eigenvalue weighted by atomic mass is 10.1. The molecule has 1 aromatic rings. The summed E-state index contributed by atoms with van der Waals surface area (Å²) in [5.74, 6) is 0. The van der Waals surface area contributed by atoms with E-state index in [2.05, 4.69) is 20.9 Å². The van der Waals surface area contributed by atoms with Crippen molar-refractivity contribution in [2.75, 3.05) is 33.3 Å². The molecule has 6 heteroatoms. The predicted octanol–water partition coefficient (Wildman–Crippen LogP) is 6.83. The molecule has 0 saturated heterocycles. The van der Waals surface area contributed by atoms with Crippen molar-refractivity contribution in [2.45, 2.75) is 116 Å². The van der Waals surface area contributed by atoms with Gasteiger partial charge in [-0.2, -0.15) is 0 Å². The second-order valence-electron chi connectivity index (χ2n) is 10.0. The molecular formula is C28H53NO4S. The van der Waals surface area contributed by atoms with Crippen LogP contribution in [0.15, 0.2) is 29.2 Å². The van der Waals surface area contributed by atoms with Gasteiger partial charge in [0.15, 0.2) is 0 Å². The quantitative estimate of drug-likeness (QED) is 0.129. The van der Waals surface area contributed by atoms with Crippen molar-refractivity contribution >= 4 is 10.1 Å². The number of rotatable bonds is 19. The highest BCUT2D eigenvalue weighted by Gasteiger charge is 2.19. The number of aryl methyl sites for hydroxylation is 1. The van der Waals surface area contributed by atoms with Crippen LogP contribution in [0.1, 0.15) is 109 Å². The van der Waals surface area contributed by atoms with Crippen LogP contribution >= 0.6 is 0 Å². The monoisotopic (exact) mass is 499 g/mol. The lowest BCUT2D eigenvalue weighted by Crippen LogP contribution is -2.47.